The van der Waals surface area contributed by atoms with Crippen LogP contribution in [0.5, 0.6) is 5.75 Å². The zero-order valence-electron chi connectivity index (χ0n) is 28.7. The lowest BCUT2D eigenvalue weighted by atomic mass is 9.79. The van der Waals surface area contributed by atoms with Gasteiger partial charge in [-0.2, -0.15) is 0 Å². The molecule has 268 valence electrons. The number of amides is 3. The summed E-state index contributed by atoms with van der Waals surface area (Å²) >= 11 is 0. The number of Topliss-reactive ketones (excluding diaryl/α,β-unsaturated/α-hetero) is 1. The largest absolute Gasteiger partial charge is 0.483 e. The van der Waals surface area contributed by atoms with Gasteiger partial charge in [-0.15, -0.1) is 0 Å². The lowest BCUT2D eigenvalue weighted by molar-refractivity contribution is -0.140. The van der Waals surface area contributed by atoms with Crippen LogP contribution in [0.3, 0.4) is 0 Å². The van der Waals surface area contributed by atoms with Gasteiger partial charge in [-0.3, -0.25) is 19.2 Å². The fraction of sp³-hybridized carbons (Fsp3) is 0.487. The van der Waals surface area contributed by atoms with Crippen molar-refractivity contribution in [1.29, 1.82) is 0 Å². The molecule has 2 aliphatic carbocycles. The van der Waals surface area contributed by atoms with Crippen LogP contribution in [0.25, 0.3) is 10.8 Å². The molecule has 0 radical (unpaired) electrons. The molecular weight excluding hydrogens is 638 g/mol. The van der Waals surface area contributed by atoms with Crippen LogP contribution in [0.1, 0.15) is 69.5 Å². The first-order chi connectivity index (χ1) is 24.1. The van der Waals surface area contributed by atoms with E-state index in [0.29, 0.717) is 17.7 Å². The van der Waals surface area contributed by atoms with E-state index >= 15 is 0 Å². The molecule has 0 saturated heterocycles. The number of carbonyl (C=O) groups is 4. The number of ketones is 1. The Hall–Kier alpha value is -4.32. The van der Waals surface area contributed by atoms with Crippen LogP contribution < -0.4 is 20.7 Å². The van der Waals surface area contributed by atoms with Crippen molar-refractivity contribution >= 4 is 34.3 Å². The molecule has 11 nitrogen and oxygen atoms in total. The Labute approximate surface area is 292 Å². The molecule has 6 N–H and O–H groups in total. The summed E-state index contributed by atoms with van der Waals surface area (Å²) in [6.07, 6.45) is 2.26. The van der Waals surface area contributed by atoms with E-state index in [-0.39, 0.29) is 18.1 Å². The first kappa shape index (κ1) is 36.9. The number of aliphatic hydroxyl groups is 3. The molecule has 2 aliphatic rings. The van der Waals surface area contributed by atoms with E-state index < -0.39 is 73.1 Å². The van der Waals surface area contributed by atoms with Gasteiger partial charge in [0.05, 0.1) is 24.7 Å². The molecule has 1 fully saturated rings. The van der Waals surface area contributed by atoms with Gasteiger partial charge in [0.15, 0.2) is 12.4 Å². The minimum absolute atomic E-state index is 0.154. The molecule has 0 bridgehead atoms. The van der Waals surface area contributed by atoms with Crippen molar-refractivity contribution in [3.8, 4) is 5.75 Å². The highest BCUT2D eigenvalue weighted by molar-refractivity contribution is 5.96. The summed E-state index contributed by atoms with van der Waals surface area (Å²) in [6, 6.07) is 17.1. The fourth-order valence-electron chi connectivity index (χ4n) is 7.38. The van der Waals surface area contributed by atoms with Gasteiger partial charge in [-0.1, -0.05) is 107 Å². The van der Waals surface area contributed by atoms with Gasteiger partial charge in [-0.05, 0) is 40.8 Å². The smallest absolute Gasteiger partial charge is 0.258 e. The molecule has 1 saturated carbocycles. The van der Waals surface area contributed by atoms with Crippen LogP contribution in [-0.2, 0) is 25.6 Å². The summed E-state index contributed by atoms with van der Waals surface area (Å²) in [5.74, 6) is -2.97. The lowest BCUT2D eigenvalue weighted by Crippen LogP contribution is -2.58. The maximum atomic E-state index is 13.7. The monoisotopic (exact) mass is 687 g/mol. The number of hydrogen-bond acceptors (Lipinski definition) is 8. The van der Waals surface area contributed by atoms with Crippen LogP contribution in [0.4, 0.5) is 0 Å². The minimum Gasteiger partial charge on any atom is -0.483 e. The predicted molar refractivity (Wildman–Crippen MR) is 188 cm³/mol. The molecule has 3 amide bonds. The molecule has 0 spiro atoms. The normalized spacial score (nSPS) is 19.2. The van der Waals surface area contributed by atoms with Crippen LogP contribution in [0.15, 0.2) is 66.7 Å². The first-order valence-corrected chi connectivity index (χ1v) is 17.7. The Morgan fingerprint density at radius 3 is 2.30 bits per heavy atom. The predicted octanol–water partition coefficient (Wildman–Crippen LogP) is 3.13. The summed E-state index contributed by atoms with van der Waals surface area (Å²) in [5, 5.41) is 43.2. The van der Waals surface area contributed by atoms with Gasteiger partial charge in [0.2, 0.25) is 11.8 Å². The van der Waals surface area contributed by atoms with E-state index in [2.05, 4.69) is 16.0 Å². The summed E-state index contributed by atoms with van der Waals surface area (Å²) in [7, 11) is 0. The van der Waals surface area contributed by atoms with Crippen molar-refractivity contribution in [1.82, 2.24) is 16.0 Å². The number of carbonyl (C=O) groups excluding carboxylic acids is 4. The number of ether oxygens (including phenoxy) is 1. The second-order valence-corrected chi connectivity index (χ2v) is 14.0. The molecule has 3 aromatic rings. The van der Waals surface area contributed by atoms with Gasteiger partial charge in [-0.25, -0.2) is 0 Å². The summed E-state index contributed by atoms with van der Waals surface area (Å²) < 4.78 is 5.74. The zero-order valence-corrected chi connectivity index (χ0v) is 28.7. The molecule has 50 heavy (non-hydrogen) atoms. The lowest BCUT2D eigenvalue weighted by Gasteiger charge is -2.36. The highest BCUT2D eigenvalue weighted by Crippen LogP contribution is 2.32. The fourth-order valence-corrected chi connectivity index (χ4v) is 7.38. The molecular formula is C39H49N3O8. The minimum atomic E-state index is -1.59. The van der Waals surface area contributed by atoms with Crippen LogP contribution >= 0.6 is 0 Å². The Bertz CT molecular complexity index is 1650. The molecule has 0 aromatic heterocycles. The van der Waals surface area contributed by atoms with Crippen molar-refractivity contribution in [2.75, 3.05) is 13.2 Å². The third-order valence-electron chi connectivity index (χ3n) is 10.1. The number of rotatable bonds is 15. The summed E-state index contributed by atoms with van der Waals surface area (Å²) in [4.78, 5) is 52.9. The Morgan fingerprint density at radius 2 is 1.56 bits per heavy atom. The molecule has 0 heterocycles. The van der Waals surface area contributed by atoms with E-state index in [4.69, 9.17) is 4.74 Å². The SMILES string of the molecule is CC(C)[C@H](C(=O)N[C@H]1C(=O)Cc2ccccc21)[C@H](O)[C@@H](O)[C@H](CC1CCCCC1)NC(=O)[C@H](CO)NC(=O)COc1cccc2ccccc12. The van der Waals surface area contributed by atoms with Crippen molar-refractivity contribution in [2.45, 2.75) is 89.1 Å². The maximum absolute atomic E-state index is 13.7. The molecule has 3 aromatic carbocycles. The molecule has 0 aliphatic heterocycles. The van der Waals surface area contributed by atoms with Crippen molar-refractivity contribution in [3.63, 3.8) is 0 Å². The molecule has 0 unspecified atom stereocenters. The second-order valence-electron chi connectivity index (χ2n) is 14.0. The number of hydrogen-bond donors (Lipinski definition) is 6. The third kappa shape index (κ3) is 8.88. The van der Waals surface area contributed by atoms with Gasteiger partial charge >= 0.3 is 0 Å². The molecule has 6 atom stereocenters. The second kappa shape index (κ2) is 17.1. The maximum Gasteiger partial charge on any atom is 0.258 e. The van der Waals surface area contributed by atoms with Gasteiger partial charge in [0.25, 0.3) is 5.91 Å². The van der Waals surface area contributed by atoms with Crippen LogP contribution in [0.2, 0.25) is 0 Å². The van der Waals surface area contributed by atoms with Crippen molar-refractivity contribution < 1.29 is 39.2 Å². The van der Waals surface area contributed by atoms with E-state index in [0.717, 1.165) is 48.4 Å². The van der Waals surface area contributed by atoms with Gasteiger partial charge < -0.3 is 36.0 Å². The van der Waals surface area contributed by atoms with Crippen molar-refractivity contribution in [3.05, 3.63) is 77.9 Å². The zero-order chi connectivity index (χ0) is 35.8. The van der Waals surface area contributed by atoms with E-state index in [1.807, 2.05) is 48.5 Å². The Kier molecular flexibility index (Phi) is 12.6. The highest BCUT2D eigenvalue weighted by Gasteiger charge is 2.42. The van der Waals surface area contributed by atoms with E-state index in [1.54, 1.807) is 32.0 Å². The van der Waals surface area contributed by atoms with E-state index in [9.17, 15) is 34.5 Å². The van der Waals surface area contributed by atoms with Crippen LogP contribution in [0, 0.1) is 17.8 Å². The van der Waals surface area contributed by atoms with Crippen molar-refractivity contribution in [2.24, 2.45) is 17.8 Å². The quantitative estimate of drug-likeness (QED) is 0.141. The van der Waals surface area contributed by atoms with Gasteiger partial charge in [0, 0.05) is 11.8 Å². The third-order valence-corrected chi connectivity index (χ3v) is 10.1. The average molecular weight is 688 g/mol. The first-order valence-electron chi connectivity index (χ1n) is 17.7. The highest BCUT2D eigenvalue weighted by atomic mass is 16.5. The van der Waals surface area contributed by atoms with E-state index in [1.165, 1.54) is 0 Å². The Morgan fingerprint density at radius 1 is 0.860 bits per heavy atom. The number of fused-ring (bicyclic) bond motifs is 2. The summed E-state index contributed by atoms with van der Waals surface area (Å²) in [6.45, 7) is 2.38. The molecule has 5 rings (SSSR count). The summed E-state index contributed by atoms with van der Waals surface area (Å²) in [5.41, 5.74) is 1.55. The number of nitrogens with one attached hydrogen (secondary N) is 3. The van der Waals surface area contributed by atoms with Crippen LogP contribution in [-0.4, -0.2) is 76.3 Å². The number of benzene rings is 3. The average Bonchev–Trinajstić information content (AvgIpc) is 3.43. The van der Waals surface area contributed by atoms with Gasteiger partial charge in [0.1, 0.15) is 23.9 Å². The topological polar surface area (TPSA) is 174 Å². The standard InChI is InChI=1S/C39H49N3O8/c1-23(2)34(39(49)42-35-28-17-9-7-14-26(28)20-31(35)44)37(47)36(46)29(19-24-11-4-3-5-12-24)41-38(48)30(21-43)40-33(45)22-50-32-18-10-15-25-13-6-8-16-27(25)32/h6-10,13-18,23-24,29-30,34-37,43,46-47H,3-5,11-12,19-22H2,1-2H3,(H,40,45)(H,41,48)(H,42,49)/t29-,30-,34-,35+,36-,37-/m0/s1. The molecule has 11 heteroatoms. The Balaban J connectivity index is 1.26. The number of aliphatic hydroxyl groups excluding tert-OH is 3.